The fourth-order valence-corrected chi connectivity index (χ4v) is 3.47. The van der Waals surface area contributed by atoms with E-state index in [0.29, 0.717) is 11.6 Å². The molecule has 21 heavy (non-hydrogen) atoms. The summed E-state index contributed by atoms with van der Waals surface area (Å²) in [5.74, 6) is -0.375. The molecule has 1 atom stereocenters. The zero-order valence-electron chi connectivity index (χ0n) is 11.5. The first-order valence-corrected chi connectivity index (χ1v) is 8.04. The van der Waals surface area contributed by atoms with Crippen LogP contribution in [-0.2, 0) is 20.7 Å². The SMILES string of the molecule is CCOC(=O)C1CSCN1C(=O)Cc1c(F)cccc1Cl. The predicted octanol–water partition coefficient (Wildman–Crippen LogP) is 2.49. The minimum absolute atomic E-state index is 0.156. The summed E-state index contributed by atoms with van der Waals surface area (Å²) in [7, 11) is 0. The molecule has 0 spiro atoms. The Bertz CT molecular complexity index is 535. The molecule has 114 valence electrons. The van der Waals surface area contributed by atoms with Gasteiger partial charge in [-0.25, -0.2) is 9.18 Å². The Morgan fingerprint density at radius 2 is 2.29 bits per heavy atom. The van der Waals surface area contributed by atoms with Gasteiger partial charge in [-0.1, -0.05) is 17.7 Å². The van der Waals surface area contributed by atoms with Crippen molar-refractivity contribution in [1.29, 1.82) is 0 Å². The van der Waals surface area contributed by atoms with Gasteiger partial charge in [0.15, 0.2) is 0 Å². The number of nitrogens with zero attached hydrogens (tertiary/aromatic N) is 1. The fourth-order valence-electron chi connectivity index (χ4n) is 2.08. The molecule has 0 bridgehead atoms. The number of esters is 1. The van der Waals surface area contributed by atoms with Crippen LogP contribution in [-0.4, -0.2) is 41.1 Å². The maximum atomic E-state index is 13.7. The van der Waals surface area contributed by atoms with Gasteiger partial charge in [0.05, 0.1) is 18.9 Å². The topological polar surface area (TPSA) is 46.6 Å². The van der Waals surface area contributed by atoms with Crippen molar-refractivity contribution < 1.29 is 18.7 Å². The van der Waals surface area contributed by atoms with Crippen LogP contribution < -0.4 is 0 Å². The normalized spacial score (nSPS) is 17.9. The summed E-state index contributed by atoms with van der Waals surface area (Å²) in [6.45, 7) is 1.98. The van der Waals surface area contributed by atoms with Gasteiger partial charge in [-0.2, -0.15) is 0 Å². The zero-order valence-corrected chi connectivity index (χ0v) is 13.0. The lowest BCUT2D eigenvalue weighted by atomic mass is 10.1. The van der Waals surface area contributed by atoms with Crippen molar-refractivity contribution in [2.24, 2.45) is 0 Å². The van der Waals surface area contributed by atoms with E-state index in [1.165, 1.54) is 34.9 Å². The Hall–Kier alpha value is -1.27. The third-order valence-electron chi connectivity index (χ3n) is 3.15. The van der Waals surface area contributed by atoms with E-state index in [0.717, 1.165) is 0 Å². The number of carbonyl (C=O) groups is 2. The van der Waals surface area contributed by atoms with Gasteiger partial charge >= 0.3 is 5.97 Å². The molecule has 2 rings (SSSR count). The van der Waals surface area contributed by atoms with Crippen LogP contribution >= 0.6 is 23.4 Å². The molecule has 0 saturated carbocycles. The van der Waals surface area contributed by atoms with Gasteiger partial charge in [0, 0.05) is 16.3 Å². The van der Waals surface area contributed by atoms with Crippen LogP contribution in [0.5, 0.6) is 0 Å². The molecule has 1 aliphatic rings. The highest BCUT2D eigenvalue weighted by atomic mass is 35.5. The summed E-state index contributed by atoms with van der Waals surface area (Å²) in [5.41, 5.74) is 0.156. The average molecular weight is 332 g/mol. The van der Waals surface area contributed by atoms with E-state index in [2.05, 4.69) is 0 Å². The van der Waals surface area contributed by atoms with Crippen LogP contribution in [0, 0.1) is 5.82 Å². The summed E-state index contributed by atoms with van der Waals surface area (Å²) in [4.78, 5) is 25.6. The number of halogens is 2. The number of hydrogen-bond donors (Lipinski definition) is 0. The molecular formula is C14H15ClFNO3S. The molecule has 1 aromatic carbocycles. The Morgan fingerprint density at radius 3 is 2.95 bits per heavy atom. The second kappa shape index (κ2) is 7.13. The molecule has 1 unspecified atom stereocenters. The highest BCUT2D eigenvalue weighted by Crippen LogP contribution is 2.25. The lowest BCUT2D eigenvalue weighted by molar-refractivity contribution is -0.152. The van der Waals surface area contributed by atoms with Gasteiger partial charge in [0.25, 0.3) is 0 Å². The number of benzene rings is 1. The second-order valence-corrected chi connectivity index (χ2v) is 5.92. The molecule has 0 aliphatic carbocycles. The van der Waals surface area contributed by atoms with Crippen LogP contribution in [0.1, 0.15) is 12.5 Å². The zero-order chi connectivity index (χ0) is 15.4. The molecule has 1 saturated heterocycles. The quantitative estimate of drug-likeness (QED) is 0.795. The maximum Gasteiger partial charge on any atom is 0.329 e. The van der Waals surface area contributed by atoms with Gasteiger partial charge in [0.1, 0.15) is 11.9 Å². The Morgan fingerprint density at radius 1 is 1.52 bits per heavy atom. The second-order valence-electron chi connectivity index (χ2n) is 4.51. The highest BCUT2D eigenvalue weighted by molar-refractivity contribution is 7.99. The van der Waals surface area contributed by atoms with E-state index in [4.69, 9.17) is 16.3 Å². The summed E-state index contributed by atoms with van der Waals surface area (Å²) < 4.78 is 18.7. The average Bonchev–Trinajstić information content (AvgIpc) is 2.92. The van der Waals surface area contributed by atoms with Crippen molar-refractivity contribution in [2.75, 3.05) is 18.2 Å². The number of hydrogen-bond acceptors (Lipinski definition) is 4. The molecule has 0 radical (unpaired) electrons. The van der Waals surface area contributed by atoms with Crippen molar-refractivity contribution in [1.82, 2.24) is 4.90 Å². The Balaban J connectivity index is 2.11. The monoisotopic (exact) mass is 331 g/mol. The van der Waals surface area contributed by atoms with E-state index in [-0.39, 0.29) is 29.5 Å². The molecule has 1 fully saturated rings. The van der Waals surface area contributed by atoms with Gasteiger partial charge in [-0.15, -0.1) is 11.8 Å². The van der Waals surface area contributed by atoms with E-state index in [1.54, 1.807) is 6.92 Å². The number of ether oxygens (including phenoxy) is 1. The van der Waals surface area contributed by atoms with Crippen molar-refractivity contribution in [3.63, 3.8) is 0 Å². The first-order chi connectivity index (χ1) is 10.0. The van der Waals surface area contributed by atoms with Crippen LogP contribution in [0.4, 0.5) is 4.39 Å². The minimum atomic E-state index is -0.604. The van der Waals surface area contributed by atoms with Crippen LogP contribution in [0.3, 0.4) is 0 Å². The van der Waals surface area contributed by atoms with Crippen LogP contribution in [0.2, 0.25) is 5.02 Å². The van der Waals surface area contributed by atoms with Crippen molar-refractivity contribution in [3.8, 4) is 0 Å². The third kappa shape index (κ3) is 3.68. The molecule has 4 nitrogen and oxygen atoms in total. The van der Waals surface area contributed by atoms with Crippen LogP contribution in [0.25, 0.3) is 0 Å². The smallest absolute Gasteiger partial charge is 0.329 e. The van der Waals surface area contributed by atoms with E-state index >= 15 is 0 Å². The number of thioether (sulfide) groups is 1. The fraction of sp³-hybridized carbons (Fsp3) is 0.429. The van der Waals surface area contributed by atoms with Crippen molar-refractivity contribution >= 4 is 35.2 Å². The highest BCUT2D eigenvalue weighted by Gasteiger charge is 2.35. The number of carbonyl (C=O) groups excluding carboxylic acids is 2. The predicted molar refractivity (Wildman–Crippen MR) is 79.7 cm³/mol. The minimum Gasteiger partial charge on any atom is -0.464 e. The number of amides is 1. The summed E-state index contributed by atoms with van der Waals surface area (Å²) in [5, 5.41) is 0.211. The van der Waals surface area contributed by atoms with Gasteiger partial charge < -0.3 is 9.64 Å². The Labute approximate surface area is 131 Å². The first-order valence-electron chi connectivity index (χ1n) is 6.51. The summed E-state index contributed by atoms with van der Waals surface area (Å²) in [6.07, 6.45) is -0.165. The largest absolute Gasteiger partial charge is 0.464 e. The molecule has 1 aromatic rings. The summed E-state index contributed by atoms with van der Waals surface area (Å²) >= 11 is 7.39. The lowest BCUT2D eigenvalue weighted by Crippen LogP contribution is -2.43. The Kier molecular flexibility index (Phi) is 5.47. The molecular weight excluding hydrogens is 317 g/mol. The molecule has 0 N–H and O–H groups in total. The van der Waals surface area contributed by atoms with Gasteiger partial charge in [-0.05, 0) is 19.1 Å². The third-order valence-corrected chi connectivity index (χ3v) is 4.52. The maximum absolute atomic E-state index is 13.7. The standard InChI is InChI=1S/C14H15ClFNO3S/c1-2-20-14(19)12-7-21-8-17(12)13(18)6-9-10(15)4-3-5-11(9)16/h3-5,12H,2,6-8H2,1H3. The molecule has 1 aliphatic heterocycles. The van der Waals surface area contributed by atoms with E-state index < -0.39 is 17.8 Å². The lowest BCUT2D eigenvalue weighted by Gasteiger charge is -2.22. The summed E-state index contributed by atoms with van der Waals surface area (Å²) in [6, 6.07) is 3.68. The van der Waals surface area contributed by atoms with Crippen molar-refractivity contribution in [2.45, 2.75) is 19.4 Å². The number of rotatable bonds is 4. The van der Waals surface area contributed by atoms with Gasteiger partial charge in [0.2, 0.25) is 5.91 Å². The molecule has 1 heterocycles. The van der Waals surface area contributed by atoms with Crippen LogP contribution in [0.15, 0.2) is 18.2 Å². The molecule has 1 amide bonds. The first kappa shape index (κ1) is 16.1. The molecule has 0 aromatic heterocycles. The van der Waals surface area contributed by atoms with E-state index in [9.17, 15) is 14.0 Å². The van der Waals surface area contributed by atoms with Crippen molar-refractivity contribution in [3.05, 3.63) is 34.6 Å². The molecule has 7 heteroatoms. The van der Waals surface area contributed by atoms with E-state index in [1.807, 2.05) is 0 Å². The van der Waals surface area contributed by atoms with Gasteiger partial charge in [-0.3, -0.25) is 4.79 Å².